The molecule has 1 aromatic carbocycles. The summed E-state index contributed by atoms with van der Waals surface area (Å²) in [5, 5.41) is 20.9. The molecule has 1 atom stereocenters. The molecule has 0 saturated carbocycles. The van der Waals surface area contributed by atoms with Crippen LogP contribution in [0.15, 0.2) is 48.9 Å². The monoisotopic (exact) mass is 480 g/mol. The second-order valence-corrected chi connectivity index (χ2v) is 8.45. The number of nitrogens with zero attached hydrogens (tertiary/aromatic N) is 6. The van der Waals surface area contributed by atoms with E-state index in [2.05, 4.69) is 10.1 Å². The maximum Gasteiger partial charge on any atom is 0.406 e. The Morgan fingerprint density at radius 2 is 2.00 bits per heavy atom. The van der Waals surface area contributed by atoms with Crippen LogP contribution in [-0.2, 0) is 20.0 Å². The van der Waals surface area contributed by atoms with Crippen molar-refractivity contribution in [2.45, 2.75) is 39.8 Å². The van der Waals surface area contributed by atoms with Gasteiger partial charge in [-0.05, 0) is 42.8 Å². The smallest absolute Gasteiger partial charge is 0.406 e. The van der Waals surface area contributed by atoms with E-state index in [1.54, 1.807) is 16.8 Å². The molecule has 0 spiro atoms. The summed E-state index contributed by atoms with van der Waals surface area (Å²) < 4.78 is 9.61. The third-order valence-corrected chi connectivity index (χ3v) is 5.84. The van der Waals surface area contributed by atoms with Crippen molar-refractivity contribution >= 4 is 17.4 Å². The third kappa shape index (κ3) is 4.79. The minimum absolute atomic E-state index is 0.118. The van der Waals surface area contributed by atoms with Crippen LogP contribution in [0.3, 0.4) is 0 Å². The van der Waals surface area contributed by atoms with Gasteiger partial charge in [-0.3, -0.25) is 9.36 Å². The van der Waals surface area contributed by atoms with Crippen molar-refractivity contribution in [2.75, 3.05) is 0 Å². The molecule has 0 bridgehead atoms. The first-order valence-electron chi connectivity index (χ1n) is 10.9. The van der Waals surface area contributed by atoms with Gasteiger partial charge in [0.05, 0.1) is 5.69 Å². The fourth-order valence-corrected chi connectivity index (χ4v) is 4.13. The van der Waals surface area contributed by atoms with Crippen molar-refractivity contribution in [3.05, 3.63) is 86.4 Å². The first-order chi connectivity index (χ1) is 16.3. The van der Waals surface area contributed by atoms with Crippen LogP contribution in [0.1, 0.15) is 42.2 Å². The Kier molecular flexibility index (Phi) is 6.65. The number of rotatable bonds is 8. The van der Waals surface area contributed by atoms with E-state index in [0.717, 1.165) is 40.1 Å². The lowest BCUT2D eigenvalue weighted by molar-refractivity contribution is -0.390. The Hall–Kier alpha value is -3.72. The van der Waals surface area contributed by atoms with Crippen LogP contribution >= 0.6 is 11.6 Å². The highest BCUT2D eigenvalue weighted by atomic mass is 35.5. The minimum atomic E-state index is -0.545. The predicted octanol–water partition coefficient (Wildman–Crippen LogP) is 5.30. The molecular weight excluding hydrogens is 456 g/mol. The van der Waals surface area contributed by atoms with Crippen molar-refractivity contribution < 1.29 is 9.66 Å². The Morgan fingerprint density at radius 1 is 1.21 bits per heavy atom. The summed E-state index contributed by atoms with van der Waals surface area (Å²) in [7, 11) is 1.87. The lowest BCUT2D eigenvalue weighted by Gasteiger charge is -2.19. The molecule has 3 heterocycles. The summed E-state index contributed by atoms with van der Waals surface area (Å²) in [6.45, 7) is 6.59. The first-order valence-corrected chi connectivity index (χ1v) is 11.3. The van der Waals surface area contributed by atoms with E-state index < -0.39 is 11.0 Å². The van der Waals surface area contributed by atoms with Gasteiger partial charge in [-0.15, -0.1) is 0 Å². The number of halogens is 1. The number of aryl methyl sites for hydroxylation is 3. The Labute approximate surface area is 202 Å². The molecule has 10 heteroatoms. The van der Waals surface area contributed by atoms with Crippen molar-refractivity contribution in [3.63, 3.8) is 0 Å². The van der Waals surface area contributed by atoms with E-state index in [-0.39, 0.29) is 11.6 Å². The standard InChI is InChI=1S/C24H25ClN6O3/c1-5-30-14-18(23(25)28-30)12-17-13-29(4)27-22(17)19-9-8-15(2)11-20(19)16(3)34-21-7-6-10-26-24(21)31(32)33/h6-11,13-14,16H,5,12H2,1-4H3/t16-/m1/s1. The summed E-state index contributed by atoms with van der Waals surface area (Å²) in [5.74, 6) is -0.197. The Bertz CT molecular complexity index is 1350. The molecule has 0 radical (unpaired) electrons. The van der Waals surface area contributed by atoms with E-state index in [1.165, 1.54) is 6.20 Å². The highest BCUT2D eigenvalue weighted by Crippen LogP contribution is 2.35. The van der Waals surface area contributed by atoms with Crippen molar-refractivity contribution in [1.29, 1.82) is 0 Å². The number of hydrogen-bond acceptors (Lipinski definition) is 6. The van der Waals surface area contributed by atoms with Gasteiger partial charge >= 0.3 is 5.82 Å². The number of ether oxygens (including phenoxy) is 1. The summed E-state index contributed by atoms with van der Waals surface area (Å²) >= 11 is 6.37. The number of hydrogen-bond donors (Lipinski definition) is 0. The molecule has 34 heavy (non-hydrogen) atoms. The van der Waals surface area contributed by atoms with Crippen LogP contribution in [0, 0.1) is 17.0 Å². The lowest BCUT2D eigenvalue weighted by Crippen LogP contribution is -2.08. The second-order valence-electron chi connectivity index (χ2n) is 8.09. The van der Waals surface area contributed by atoms with Crippen molar-refractivity contribution in [2.24, 2.45) is 7.05 Å². The van der Waals surface area contributed by atoms with Crippen molar-refractivity contribution in [3.8, 4) is 17.0 Å². The number of pyridine rings is 1. The largest absolute Gasteiger partial charge is 0.478 e. The van der Waals surface area contributed by atoms with Crippen LogP contribution < -0.4 is 4.74 Å². The summed E-state index contributed by atoms with van der Waals surface area (Å²) in [5.41, 5.74) is 5.51. The van der Waals surface area contributed by atoms with Gasteiger partial charge in [0.2, 0.25) is 5.75 Å². The number of aromatic nitrogens is 5. The third-order valence-electron chi connectivity index (χ3n) is 5.52. The summed E-state index contributed by atoms with van der Waals surface area (Å²) in [6.07, 6.45) is 5.37. The molecule has 3 aromatic heterocycles. The van der Waals surface area contributed by atoms with Crippen molar-refractivity contribution in [1.82, 2.24) is 24.5 Å². The van der Waals surface area contributed by atoms with Gasteiger partial charge in [0.25, 0.3) is 0 Å². The van der Waals surface area contributed by atoms with Crippen LogP contribution in [0.4, 0.5) is 5.82 Å². The molecule has 0 fully saturated rings. The molecule has 4 aromatic rings. The predicted molar refractivity (Wildman–Crippen MR) is 129 cm³/mol. The summed E-state index contributed by atoms with van der Waals surface area (Å²) in [6, 6.07) is 9.20. The van der Waals surface area contributed by atoms with Gasteiger partial charge in [-0.25, -0.2) is 0 Å². The Balaban J connectivity index is 1.73. The average molecular weight is 481 g/mol. The van der Waals surface area contributed by atoms with Gasteiger partial charge in [-0.1, -0.05) is 35.4 Å². The van der Waals surface area contributed by atoms with Gasteiger partial charge in [0, 0.05) is 54.7 Å². The van der Waals surface area contributed by atoms with E-state index >= 15 is 0 Å². The molecule has 9 nitrogen and oxygen atoms in total. The highest BCUT2D eigenvalue weighted by Gasteiger charge is 2.23. The summed E-state index contributed by atoms with van der Waals surface area (Å²) in [4.78, 5) is 14.7. The quantitative estimate of drug-likeness (QED) is 0.250. The van der Waals surface area contributed by atoms with Crippen LogP contribution in [-0.4, -0.2) is 29.5 Å². The highest BCUT2D eigenvalue weighted by molar-refractivity contribution is 6.30. The van der Waals surface area contributed by atoms with E-state index in [9.17, 15) is 10.1 Å². The molecule has 176 valence electrons. The molecule has 0 aliphatic heterocycles. The average Bonchev–Trinajstić information content (AvgIpc) is 3.35. The molecule has 0 N–H and O–H groups in total. The van der Waals surface area contributed by atoms with Crippen LogP contribution in [0.25, 0.3) is 11.3 Å². The molecule has 0 amide bonds. The fraction of sp³-hybridized carbons (Fsp3) is 0.292. The molecular formula is C24H25ClN6O3. The first kappa shape index (κ1) is 23.4. The normalized spacial score (nSPS) is 12.0. The Morgan fingerprint density at radius 3 is 2.71 bits per heavy atom. The lowest BCUT2D eigenvalue weighted by atomic mass is 9.95. The molecule has 4 rings (SSSR count). The minimum Gasteiger partial charge on any atom is -0.478 e. The number of nitro groups is 1. The SMILES string of the molecule is CCn1cc(Cc2cn(C)nc2-c2ccc(C)cc2[C@@H](C)Oc2cccnc2[N+](=O)[O-])c(Cl)n1. The topological polar surface area (TPSA) is 101 Å². The van der Waals surface area contributed by atoms with Gasteiger partial charge in [0.15, 0.2) is 5.15 Å². The molecule has 0 saturated heterocycles. The van der Waals surface area contributed by atoms with E-state index in [1.807, 2.05) is 63.1 Å². The van der Waals surface area contributed by atoms with E-state index in [4.69, 9.17) is 21.4 Å². The maximum absolute atomic E-state index is 11.4. The molecule has 0 aliphatic rings. The molecule has 0 aliphatic carbocycles. The second kappa shape index (κ2) is 9.64. The van der Waals surface area contributed by atoms with Gasteiger partial charge in [0.1, 0.15) is 12.3 Å². The zero-order valence-corrected chi connectivity index (χ0v) is 20.2. The maximum atomic E-state index is 11.4. The van der Waals surface area contributed by atoms with Gasteiger partial charge in [-0.2, -0.15) is 10.2 Å². The zero-order valence-electron chi connectivity index (χ0n) is 19.4. The van der Waals surface area contributed by atoms with Crippen LogP contribution in [0.2, 0.25) is 5.15 Å². The molecule has 0 unspecified atom stereocenters. The zero-order chi connectivity index (χ0) is 24.4. The van der Waals surface area contributed by atoms with Gasteiger partial charge < -0.3 is 14.9 Å². The fourth-order valence-electron chi connectivity index (χ4n) is 3.92. The van der Waals surface area contributed by atoms with E-state index in [0.29, 0.717) is 11.6 Å². The van der Waals surface area contributed by atoms with Crippen LogP contribution in [0.5, 0.6) is 5.75 Å². The number of benzene rings is 1.